The standard InChI is InChI=1S/C24H32N2O2/c1-5-21(23(28)25-24(2,3)4)26(18-20-14-10-7-11-15-20)22(27)17-16-19-12-8-6-9-13-19/h6-15,21H,5,16-18H2,1-4H3,(H,25,28)/t21-/m1/s1. The summed E-state index contributed by atoms with van der Waals surface area (Å²) in [5, 5.41) is 3.03. The van der Waals surface area contributed by atoms with E-state index in [0.29, 0.717) is 25.8 Å². The predicted molar refractivity (Wildman–Crippen MR) is 114 cm³/mol. The average molecular weight is 381 g/mol. The van der Waals surface area contributed by atoms with E-state index in [-0.39, 0.29) is 17.4 Å². The van der Waals surface area contributed by atoms with E-state index in [2.05, 4.69) is 5.32 Å². The molecule has 0 radical (unpaired) electrons. The highest BCUT2D eigenvalue weighted by molar-refractivity contribution is 5.88. The number of rotatable bonds is 8. The maximum atomic E-state index is 13.1. The number of amides is 2. The first-order valence-corrected chi connectivity index (χ1v) is 9.99. The van der Waals surface area contributed by atoms with E-state index in [1.165, 1.54) is 0 Å². The van der Waals surface area contributed by atoms with Gasteiger partial charge >= 0.3 is 0 Å². The summed E-state index contributed by atoms with van der Waals surface area (Å²) in [6.45, 7) is 8.25. The van der Waals surface area contributed by atoms with E-state index in [1.807, 2.05) is 88.4 Å². The first-order valence-electron chi connectivity index (χ1n) is 9.99. The van der Waals surface area contributed by atoms with Crippen LogP contribution in [0.2, 0.25) is 0 Å². The van der Waals surface area contributed by atoms with Gasteiger partial charge < -0.3 is 10.2 Å². The Bertz CT molecular complexity index is 751. The van der Waals surface area contributed by atoms with Gasteiger partial charge in [0, 0.05) is 18.5 Å². The van der Waals surface area contributed by atoms with E-state index < -0.39 is 6.04 Å². The Hall–Kier alpha value is -2.62. The van der Waals surface area contributed by atoms with Gasteiger partial charge in [-0.05, 0) is 44.7 Å². The van der Waals surface area contributed by atoms with Crippen molar-refractivity contribution in [1.82, 2.24) is 10.2 Å². The molecule has 2 rings (SSSR count). The van der Waals surface area contributed by atoms with Gasteiger partial charge in [-0.15, -0.1) is 0 Å². The van der Waals surface area contributed by atoms with Gasteiger partial charge in [0.2, 0.25) is 11.8 Å². The molecule has 0 aliphatic heterocycles. The zero-order chi connectivity index (χ0) is 20.6. The van der Waals surface area contributed by atoms with Crippen LogP contribution < -0.4 is 5.32 Å². The highest BCUT2D eigenvalue weighted by atomic mass is 16.2. The molecule has 4 nitrogen and oxygen atoms in total. The second-order valence-corrected chi connectivity index (χ2v) is 8.16. The maximum Gasteiger partial charge on any atom is 0.243 e. The number of nitrogens with zero attached hydrogens (tertiary/aromatic N) is 1. The molecule has 0 heterocycles. The molecule has 0 saturated carbocycles. The number of aryl methyl sites for hydroxylation is 1. The summed E-state index contributed by atoms with van der Waals surface area (Å²) in [5.74, 6) is -0.0948. The van der Waals surface area contributed by atoms with Crippen LogP contribution in [0.1, 0.15) is 51.7 Å². The van der Waals surface area contributed by atoms with Crippen molar-refractivity contribution in [3.63, 3.8) is 0 Å². The summed E-state index contributed by atoms with van der Waals surface area (Å²) in [5.41, 5.74) is 1.82. The fourth-order valence-electron chi connectivity index (χ4n) is 3.19. The zero-order valence-electron chi connectivity index (χ0n) is 17.4. The highest BCUT2D eigenvalue weighted by Gasteiger charge is 2.30. The SMILES string of the molecule is CC[C@H](C(=O)NC(C)(C)C)N(Cc1ccccc1)C(=O)CCc1ccccc1. The van der Waals surface area contributed by atoms with Gasteiger partial charge in [-0.2, -0.15) is 0 Å². The summed E-state index contributed by atoms with van der Waals surface area (Å²) in [6, 6.07) is 19.3. The number of carbonyl (C=O) groups excluding carboxylic acids is 2. The summed E-state index contributed by atoms with van der Waals surface area (Å²) in [6.07, 6.45) is 1.63. The normalized spacial score (nSPS) is 12.3. The van der Waals surface area contributed by atoms with Gasteiger partial charge in [0.1, 0.15) is 6.04 Å². The minimum Gasteiger partial charge on any atom is -0.350 e. The Morgan fingerprint density at radius 1 is 0.929 bits per heavy atom. The van der Waals surface area contributed by atoms with Crippen LogP contribution in [0, 0.1) is 0 Å². The van der Waals surface area contributed by atoms with E-state index in [0.717, 1.165) is 11.1 Å². The van der Waals surface area contributed by atoms with Crippen molar-refractivity contribution in [2.24, 2.45) is 0 Å². The number of benzene rings is 2. The molecule has 1 atom stereocenters. The third-order valence-corrected chi connectivity index (χ3v) is 4.55. The quantitative estimate of drug-likeness (QED) is 0.740. The molecule has 0 spiro atoms. The van der Waals surface area contributed by atoms with Crippen LogP contribution >= 0.6 is 0 Å². The molecule has 2 aromatic rings. The van der Waals surface area contributed by atoms with Gasteiger partial charge in [-0.1, -0.05) is 67.6 Å². The molecule has 0 aliphatic rings. The Morgan fingerprint density at radius 2 is 1.46 bits per heavy atom. The molecule has 2 aromatic carbocycles. The Kier molecular flexibility index (Phi) is 7.80. The van der Waals surface area contributed by atoms with Crippen molar-refractivity contribution >= 4 is 11.8 Å². The third kappa shape index (κ3) is 6.84. The van der Waals surface area contributed by atoms with Crippen molar-refractivity contribution in [1.29, 1.82) is 0 Å². The highest BCUT2D eigenvalue weighted by Crippen LogP contribution is 2.16. The lowest BCUT2D eigenvalue weighted by molar-refractivity contribution is -0.142. The van der Waals surface area contributed by atoms with Crippen molar-refractivity contribution in [3.05, 3.63) is 71.8 Å². The van der Waals surface area contributed by atoms with Crippen LogP contribution in [0.5, 0.6) is 0 Å². The van der Waals surface area contributed by atoms with Gasteiger partial charge in [-0.3, -0.25) is 9.59 Å². The number of hydrogen-bond donors (Lipinski definition) is 1. The van der Waals surface area contributed by atoms with Crippen LogP contribution in [0.15, 0.2) is 60.7 Å². The molecule has 0 saturated heterocycles. The summed E-state index contributed by atoms with van der Waals surface area (Å²) in [4.78, 5) is 27.8. The zero-order valence-corrected chi connectivity index (χ0v) is 17.4. The summed E-state index contributed by atoms with van der Waals surface area (Å²) >= 11 is 0. The molecular formula is C24H32N2O2. The molecule has 150 valence electrons. The van der Waals surface area contributed by atoms with E-state index in [1.54, 1.807) is 4.90 Å². The van der Waals surface area contributed by atoms with Gasteiger partial charge in [0.15, 0.2) is 0 Å². The second kappa shape index (κ2) is 10.1. The fourth-order valence-corrected chi connectivity index (χ4v) is 3.19. The summed E-state index contributed by atoms with van der Waals surface area (Å²) in [7, 11) is 0. The first kappa shape index (κ1) is 21.7. The van der Waals surface area contributed by atoms with Gasteiger partial charge in [-0.25, -0.2) is 0 Å². The van der Waals surface area contributed by atoms with Crippen LogP contribution in [0.25, 0.3) is 0 Å². The molecule has 0 aromatic heterocycles. The maximum absolute atomic E-state index is 13.1. The van der Waals surface area contributed by atoms with E-state index in [9.17, 15) is 9.59 Å². The minimum absolute atomic E-state index is 0.00335. The molecular weight excluding hydrogens is 348 g/mol. The van der Waals surface area contributed by atoms with Crippen molar-refractivity contribution in [2.45, 2.75) is 65.1 Å². The topological polar surface area (TPSA) is 49.4 Å². The number of hydrogen-bond acceptors (Lipinski definition) is 2. The monoisotopic (exact) mass is 380 g/mol. The lowest BCUT2D eigenvalue weighted by Crippen LogP contribution is -2.53. The van der Waals surface area contributed by atoms with Gasteiger partial charge in [0.05, 0.1) is 0 Å². The van der Waals surface area contributed by atoms with E-state index in [4.69, 9.17) is 0 Å². The molecule has 28 heavy (non-hydrogen) atoms. The van der Waals surface area contributed by atoms with Crippen molar-refractivity contribution in [2.75, 3.05) is 0 Å². The molecule has 0 unspecified atom stereocenters. The predicted octanol–water partition coefficient (Wildman–Crippen LogP) is 4.34. The Morgan fingerprint density at radius 3 is 1.96 bits per heavy atom. The fraction of sp³-hybridized carbons (Fsp3) is 0.417. The average Bonchev–Trinajstić information content (AvgIpc) is 2.66. The molecule has 0 aliphatic carbocycles. The van der Waals surface area contributed by atoms with Crippen molar-refractivity contribution in [3.8, 4) is 0 Å². The Balaban J connectivity index is 2.19. The molecule has 2 amide bonds. The van der Waals surface area contributed by atoms with Gasteiger partial charge in [0.25, 0.3) is 0 Å². The molecule has 0 bridgehead atoms. The minimum atomic E-state index is -0.484. The van der Waals surface area contributed by atoms with Crippen LogP contribution in [0.3, 0.4) is 0 Å². The van der Waals surface area contributed by atoms with Crippen molar-refractivity contribution < 1.29 is 9.59 Å². The molecule has 4 heteroatoms. The second-order valence-electron chi connectivity index (χ2n) is 8.16. The lowest BCUT2D eigenvalue weighted by Gasteiger charge is -2.33. The van der Waals surface area contributed by atoms with Crippen LogP contribution in [-0.4, -0.2) is 28.3 Å². The Labute approximate surface area is 169 Å². The summed E-state index contributed by atoms with van der Waals surface area (Å²) < 4.78 is 0. The number of carbonyl (C=O) groups is 2. The molecule has 1 N–H and O–H groups in total. The lowest BCUT2D eigenvalue weighted by atomic mass is 10.0. The van der Waals surface area contributed by atoms with Crippen LogP contribution in [-0.2, 0) is 22.6 Å². The third-order valence-electron chi connectivity index (χ3n) is 4.55. The van der Waals surface area contributed by atoms with Crippen LogP contribution in [0.4, 0.5) is 0 Å². The smallest absolute Gasteiger partial charge is 0.243 e. The largest absolute Gasteiger partial charge is 0.350 e. The number of nitrogens with one attached hydrogen (secondary N) is 1. The molecule has 0 fully saturated rings. The first-order chi connectivity index (χ1) is 13.3. The van der Waals surface area contributed by atoms with E-state index >= 15 is 0 Å².